The van der Waals surface area contributed by atoms with Crippen molar-refractivity contribution in [2.24, 2.45) is 5.92 Å². The van der Waals surface area contributed by atoms with Gasteiger partial charge in [0, 0.05) is 17.5 Å². The van der Waals surface area contributed by atoms with Gasteiger partial charge in [0.2, 0.25) is 0 Å². The Bertz CT molecular complexity index is 333. The summed E-state index contributed by atoms with van der Waals surface area (Å²) in [6, 6.07) is 4.82. The lowest BCUT2D eigenvalue weighted by atomic mass is 9.81. The third-order valence-electron chi connectivity index (χ3n) is 4.24. The van der Waals surface area contributed by atoms with Crippen molar-refractivity contribution in [3.63, 3.8) is 0 Å². The van der Waals surface area contributed by atoms with Crippen molar-refractivity contribution in [3.8, 4) is 0 Å². The summed E-state index contributed by atoms with van der Waals surface area (Å²) in [6.07, 6.45) is 8.31. The fourth-order valence-corrected chi connectivity index (χ4v) is 4.03. The minimum Gasteiger partial charge on any atom is -0.377 e. The van der Waals surface area contributed by atoms with Crippen LogP contribution in [-0.2, 0) is 11.2 Å². The second-order valence-electron chi connectivity index (χ2n) is 5.50. The monoisotopic (exact) mass is 281 g/mol. The molecule has 2 atom stereocenters. The molecule has 0 aromatic carbocycles. The van der Waals surface area contributed by atoms with Crippen LogP contribution >= 0.6 is 11.3 Å². The van der Waals surface area contributed by atoms with Crippen LogP contribution in [0.15, 0.2) is 17.5 Å². The topological polar surface area (TPSA) is 21.3 Å². The number of rotatable bonds is 7. The van der Waals surface area contributed by atoms with Gasteiger partial charge in [-0.3, -0.25) is 0 Å². The van der Waals surface area contributed by atoms with E-state index in [2.05, 4.69) is 36.8 Å². The van der Waals surface area contributed by atoms with Crippen molar-refractivity contribution in [2.75, 3.05) is 13.7 Å². The van der Waals surface area contributed by atoms with Gasteiger partial charge in [0.1, 0.15) is 0 Å². The Morgan fingerprint density at radius 1 is 1.37 bits per heavy atom. The zero-order valence-corrected chi connectivity index (χ0v) is 13.0. The molecule has 108 valence electrons. The van der Waals surface area contributed by atoms with E-state index < -0.39 is 0 Å². The maximum absolute atomic E-state index is 6.13. The quantitative estimate of drug-likeness (QED) is 0.819. The molecule has 1 aliphatic rings. The van der Waals surface area contributed by atoms with E-state index >= 15 is 0 Å². The van der Waals surface area contributed by atoms with E-state index in [9.17, 15) is 0 Å². The smallest absolute Gasteiger partial charge is 0.0759 e. The lowest BCUT2D eigenvalue weighted by Crippen LogP contribution is -2.46. The Morgan fingerprint density at radius 3 is 2.74 bits per heavy atom. The lowest BCUT2D eigenvalue weighted by Gasteiger charge is -2.35. The zero-order chi connectivity index (χ0) is 13.5. The molecule has 0 radical (unpaired) electrons. The van der Waals surface area contributed by atoms with Crippen LogP contribution in [0, 0.1) is 5.92 Å². The van der Waals surface area contributed by atoms with Crippen LogP contribution in [0.5, 0.6) is 0 Å². The molecule has 1 fully saturated rings. The van der Waals surface area contributed by atoms with Crippen LogP contribution in [0.4, 0.5) is 0 Å². The van der Waals surface area contributed by atoms with Gasteiger partial charge in [-0.25, -0.2) is 0 Å². The molecule has 1 aromatic heterocycles. The van der Waals surface area contributed by atoms with Crippen LogP contribution in [0.2, 0.25) is 0 Å². The molecule has 1 saturated carbocycles. The highest BCUT2D eigenvalue weighted by Crippen LogP contribution is 2.30. The van der Waals surface area contributed by atoms with E-state index in [1.165, 1.54) is 37.0 Å². The van der Waals surface area contributed by atoms with Crippen LogP contribution in [0.3, 0.4) is 0 Å². The number of ether oxygens (including phenoxy) is 1. The van der Waals surface area contributed by atoms with Crippen molar-refractivity contribution < 1.29 is 4.74 Å². The molecule has 0 bridgehead atoms. The van der Waals surface area contributed by atoms with E-state index in [4.69, 9.17) is 4.74 Å². The Hall–Kier alpha value is -0.380. The first-order chi connectivity index (χ1) is 9.35. The number of hydrogen-bond acceptors (Lipinski definition) is 3. The molecule has 0 aliphatic heterocycles. The molecule has 1 aromatic rings. The number of likely N-dealkylation sites (N-methyl/N-ethyl adjacent to an activating group) is 1. The van der Waals surface area contributed by atoms with Gasteiger partial charge >= 0.3 is 0 Å². The van der Waals surface area contributed by atoms with Gasteiger partial charge in [-0.1, -0.05) is 25.3 Å². The SMILES string of the molecule is CCOC(C1CCCCC1)C(Cc1cccs1)NC. The Balaban J connectivity index is 2.01. The maximum Gasteiger partial charge on any atom is 0.0759 e. The molecule has 0 saturated heterocycles. The van der Waals surface area contributed by atoms with Gasteiger partial charge < -0.3 is 10.1 Å². The van der Waals surface area contributed by atoms with Crippen molar-refractivity contribution in [2.45, 2.75) is 57.6 Å². The average Bonchev–Trinajstić information content (AvgIpc) is 2.96. The minimum atomic E-state index is 0.373. The summed E-state index contributed by atoms with van der Waals surface area (Å²) in [6.45, 7) is 2.94. The molecule has 19 heavy (non-hydrogen) atoms. The molecule has 0 spiro atoms. The highest BCUT2D eigenvalue weighted by Gasteiger charge is 2.30. The molecular weight excluding hydrogens is 254 g/mol. The van der Waals surface area contributed by atoms with Crippen LogP contribution in [0.1, 0.15) is 43.9 Å². The Labute approximate surface area is 121 Å². The molecule has 2 unspecified atom stereocenters. The van der Waals surface area contributed by atoms with E-state index in [1.807, 2.05) is 11.3 Å². The normalized spacial score (nSPS) is 20.3. The van der Waals surface area contributed by atoms with Gasteiger partial charge in [0.05, 0.1) is 6.10 Å². The molecular formula is C16H27NOS. The number of thiophene rings is 1. The Morgan fingerprint density at radius 2 is 2.16 bits per heavy atom. The molecule has 1 aliphatic carbocycles. The van der Waals surface area contributed by atoms with E-state index in [1.54, 1.807) is 0 Å². The summed E-state index contributed by atoms with van der Waals surface area (Å²) in [5, 5.41) is 5.67. The predicted octanol–water partition coefficient (Wildman–Crippen LogP) is 3.86. The van der Waals surface area contributed by atoms with E-state index in [0.717, 1.165) is 18.9 Å². The second-order valence-corrected chi connectivity index (χ2v) is 6.53. The molecule has 3 heteroatoms. The standard InChI is InChI=1S/C16H27NOS/c1-3-18-16(13-8-5-4-6-9-13)15(17-2)12-14-10-7-11-19-14/h7,10-11,13,15-17H,3-6,8-9,12H2,1-2H3. The Kier molecular flexibility index (Phi) is 6.35. The summed E-state index contributed by atoms with van der Waals surface area (Å²) in [5.41, 5.74) is 0. The summed E-state index contributed by atoms with van der Waals surface area (Å²) >= 11 is 1.85. The van der Waals surface area contributed by atoms with Gasteiger partial charge in [0.15, 0.2) is 0 Å². The summed E-state index contributed by atoms with van der Waals surface area (Å²) < 4.78 is 6.13. The second kappa shape index (κ2) is 8.03. The third-order valence-corrected chi connectivity index (χ3v) is 5.14. The van der Waals surface area contributed by atoms with Gasteiger partial charge in [-0.05, 0) is 50.6 Å². The average molecular weight is 281 g/mol. The van der Waals surface area contributed by atoms with Gasteiger partial charge in [-0.15, -0.1) is 11.3 Å². The first kappa shape index (κ1) is 15.0. The van der Waals surface area contributed by atoms with Crippen LogP contribution in [-0.4, -0.2) is 25.8 Å². The van der Waals surface area contributed by atoms with Crippen molar-refractivity contribution in [1.29, 1.82) is 0 Å². The minimum absolute atomic E-state index is 0.373. The zero-order valence-electron chi connectivity index (χ0n) is 12.2. The predicted molar refractivity (Wildman–Crippen MR) is 82.9 cm³/mol. The number of hydrogen-bond donors (Lipinski definition) is 1. The largest absolute Gasteiger partial charge is 0.377 e. The number of nitrogens with one attached hydrogen (secondary N) is 1. The van der Waals surface area contributed by atoms with E-state index in [-0.39, 0.29) is 0 Å². The fourth-order valence-electron chi connectivity index (χ4n) is 3.26. The summed E-state index contributed by atoms with van der Waals surface area (Å²) in [5.74, 6) is 0.742. The third kappa shape index (κ3) is 4.30. The molecule has 1 N–H and O–H groups in total. The fraction of sp³-hybridized carbons (Fsp3) is 0.750. The molecule has 2 nitrogen and oxygen atoms in total. The van der Waals surface area contributed by atoms with Crippen molar-refractivity contribution in [3.05, 3.63) is 22.4 Å². The molecule has 2 rings (SSSR count). The van der Waals surface area contributed by atoms with Gasteiger partial charge in [-0.2, -0.15) is 0 Å². The maximum atomic E-state index is 6.13. The van der Waals surface area contributed by atoms with Crippen molar-refractivity contribution in [1.82, 2.24) is 5.32 Å². The van der Waals surface area contributed by atoms with Crippen molar-refractivity contribution >= 4 is 11.3 Å². The molecule has 0 amide bonds. The first-order valence-corrected chi connectivity index (χ1v) is 8.54. The summed E-state index contributed by atoms with van der Waals surface area (Å²) in [7, 11) is 2.08. The van der Waals surface area contributed by atoms with Gasteiger partial charge in [0.25, 0.3) is 0 Å². The molecule has 1 heterocycles. The highest BCUT2D eigenvalue weighted by atomic mass is 32.1. The highest BCUT2D eigenvalue weighted by molar-refractivity contribution is 7.09. The van der Waals surface area contributed by atoms with E-state index in [0.29, 0.717) is 12.1 Å². The first-order valence-electron chi connectivity index (χ1n) is 7.66. The van der Waals surface area contributed by atoms with Crippen LogP contribution < -0.4 is 5.32 Å². The van der Waals surface area contributed by atoms with Crippen LogP contribution in [0.25, 0.3) is 0 Å². The summed E-state index contributed by atoms with van der Waals surface area (Å²) in [4.78, 5) is 1.46. The lowest BCUT2D eigenvalue weighted by molar-refractivity contribution is -0.0157.